The van der Waals surface area contributed by atoms with Crippen molar-refractivity contribution in [1.82, 2.24) is 19.7 Å². The number of nitrogens with zero attached hydrogens (tertiary/aromatic N) is 4. The first kappa shape index (κ1) is 18.0. The van der Waals surface area contributed by atoms with E-state index in [1.807, 2.05) is 31.7 Å². The van der Waals surface area contributed by atoms with E-state index in [0.29, 0.717) is 10.9 Å². The Balaban J connectivity index is 1.59. The number of anilines is 1. The summed E-state index contributed by atoms with van der Waals surface area (Å²) in [7, 11) is 4.07. The van der Waals surface area contributed by atoms with Gasteiger partial charge in [-0.15, -0.1) is 0 Å². The fraction of sp³-hybridized carbons (Fsp3) is 0.333. The largest absolute Gasteiger partial charge is 0.344 e. The smallest absolute Gasteiger partial charge is 0.130 e. The second-order valence-corrected chi connectivity index (χ2v) is 7.79. The van der Waals surface area contributed by atoms with E-state index in [0.717, 1.165) is 59.3 Å². The minimum atomic E-state index is 0.495. The molecule has 0 saturated carbocycles. The highest BCUT2D eigenvalue weighted by molar-refractivity contribution is 6.34. The number of pyridine rings is 1. The number of hydrogen-bond acceptors (Lipinski definition) is 4. The number of fused-ring (bicyclic) bond motifs is 1. The molecular weight excluding hydrogens is 358 g/mol. The van der Waals surface area contributed by atoms with E-state index in [1.165, 1.54) is 0 Å². The number of rotatable bonds is 4. The molecule has 6 heteroatoms. The molecule has 3 aromatic rings. The number of hydrogen-bond donors (Lipinski definition) is 1. The molecular formula is C21H24ClN5. The van der Waals surface area contributed by atoms with E-state index in [4.69, 9.17) is 11.6 Å². The molecule has 2 aromatic heterocycles. The predicted octanol–water partition coefficient (Wildman–Crippen LogP) is 4.56. The van der Waals surface area contributed by atoms with Gasteiger partial charge in [-0.1, -0.05) is 18.2 Å². The molecule has 0 atom stereocenters. The fourth-order valence-corrected chi connectivity index (χ4v) is 3.92. The van der Waals surface area contributed by atoms with Gasteiger partial charge in [-0.2, -0.15) is 5.10 Å². The summed E-state index contributed by atoms with van der Waals surface area (Å²) >= 11 is 6.49. The van der Waals surface area contributed by atoms with Crippen LogP contribution in [0.25, 0.3) is 21.9 Å². The minimum Gasteiger partial charge on any atom is -0.344 e. The van der Waals surface area contributed by atoms with Crippen molar-refractivity contribution in [3.8, 4) is 11.1 Å². The summed E-state index contributed by atoms with van der Waals surface area (Å²) < 4.78 is 1.78. The lowest BCUT2D eigenvalue weighted by atomic mass is 9.94. The van der Waals surface area contributed by atoms with E-state index < -0.39 is 0 Å². The summed E-state index contributed by atoms with van der Waals surface area (Å²) in [4.78, 5) is 6.91. The van der Waals surface area contributed by atoms with Crippen LogP contribution in [0.5, 0.6) is 0 Å². The Bertz CT molecular complexity index is 985. The molecule has 27 heavy (non-hydrogen) atoms. The van der Waals surface area contributed by atoms with Gasteiger partial charge in [-0.05, 0) is 56.6 Å². The molecule has 0 unspecified atom stereocenters. The zero-order chi connectivity index (χ0) is 19.0. The topological polar surface area (TPSA) is 46.0 Å². The van der Waals surface area contributed by atoms with Crippen molar-refractivity contribution < 1.29 is 0 Å². The molecule has 0 aliphatic carbocycles. The lowest BCUT2D eigenvalue weighted by Crippen LogP contribution is -2.31. The summed E-state index contributed by atoms with van der Waals surface area (Å²) in [6, 6.07) is 6.12. The summed E-state index contributed by atoms with van der Waals surface area (Å²) in [5.41, 5.74) is 3.03. The molecule has 1 aromatic carbocycles. The minimum absolute atomic E-state index is 0.495. The Labute approximate surface area is 164 Å². The maximum atomic E-state index is 6.49. The quantitative estimate of drug-likeness (QED) is 0.719. The Hall–Kier alpha value is -2.37. The maximum Gasteiger partial charge on any atom is 0.130 e. The van der Waals surface area contributed by atoms with Crippen LogP contribution in [0.15, 0.2) is 49.1 Å². The normalized spacial score (nSPS) is 16.0. The van der Waals surface area contributed by atoms with E-state index in [-0.39, 0.29) is 0 Å². The Kier molecular flexibility index (Phi) is 4.89. The average molecular weight is 382 g/mol. The summed E-state index contributed by atoms with van der Waals surface area (Å²) in [5, 5.41) is 10.5. The van der Waals surface area contributed by atoms with Gasteiger partial charge in [0.1, 0.15) is 5.82 Å². The van der Waals surface area contributed by atoms with Crippen molar-refractivity contribution >= 4 is 28.2 Å². The third-order valence-electron chi connectivity index (χ3n) is 5.32. The van der Waals surface area contributed by atoms with Gasteiger partial charge in [0.25, 0.3) is 0 Å². The number of aryl methyl sites for hydroxylation is 1. The molecule has 0 bridgehead atoms. The van der Waals surface area contributed by atoms with Crippen LogP contribution in [0.4, 0.5) is 5.82 Å². The molecule has 0 radical (unpaired) electrons. The molecule has 1 N–H and O–H groups in total. The Morgan fingerprint density at radius 2 is 1.93 bits per heavy atom. The highest BCUT2D eigenvalue weighted by Crippen LogP contribution is 2.33. The van der Waals surface area contributed by atoms with Gasteiger partial charge in [0, 0.05) is 52.6 Å². The molecule has 5 nitrogen and oxygen atoms in total. The van der Waals surface area contributed by atoms with Crippen molar-refractivity contribution in [2.45, 2.75) is 12.8 Å². The molecule has 3 heterocycles. The lowest BCUT2D eigenvalue weighted by Gasteiger charge is -2.30. The third kappa shape index (κ3) is 3.84. The zero-order valence-electron chi connectivity index (χ0n) is 15.7. The molecule has 0 amide bonds. The summed E-state index contributed by atoms with van der Waals surface area (Å²) in [6.45, 7) is 6.49. The van der Waals surface area contributed by atoms with E-state index >= 15 is 0 Å². The molecule has 0 spiro atoms. The number of nitrogens with one attached hydrogen (secondary N) is 1. The monoisotopic (exact) mass is 381 g/mol. The highest BCUT2D eigenvalue weighted by atomic mass is 35.5. The van der Waals surface area contributed by atoms with Crippen LogP contribution in [-0.4, -0.2) is 39.8 Å². The van der Waals surface area contributed by atoms with Crippen LogP contribution in [0.1, 0.15) is 12.8 Å². The van der Waals surface area contributed by atoms with E-state index in [2.05, 4.69) is 46.1 Å². The Morgan fingerprint density at radius 3 is 2.63 bits per heavy atom. The zero-order valence-corrected chi connectivity index (χ0v) is 16.5. The first-order chi connectivity index (χ1) is 13.0. The van der Waals surface area contributed by atoms with Gasteiger partial charge in [-0.25, -0.2) is 4.98 Å². The maximum absolute atomic E-state index is 6.49. The van der Waals surface area contributed by atoms with Crippen LogP contribution in [0.3, 0.4) is 0 Å². The number of halogens is 1. The average Bonchev–Trinajstić information content (AvgIpc) is 3.08. The first-order valence-corrected chi connectivity index (χ1v) is 9.60. The summed E-state index contributed by atoms with van der Waals surface area (Å²) in [6.07, 6.45) is 7.93. The third-order valence-corrected chi connectivity index (χ3v) is 5.64. The van der Waals surface area contributed by atoms with Crippen molar-refractivity contribution in [1.29, 1.82) is 0 Å². The van der Waals surface area contributed by atoms with Gasteiger partial charge in [0.05, 0.1) is 6.20 Å². The van der Waals surface area contributed by atoms with Crippen LogP contribution < -0.4 is 5.32 Å². The van der Waals surface area contributed by atoms with Gasteiger partial charge in [0.2, 0.25) is 0 Å². The molecule has 1 aliphatic heterocycles. The number of allylic oxidation sites excluding steroid dienone is 1. The van der Waals surface area contributed by atoms with Gasteiger partial charge in [0.15, 0.2) is 0 Å². The lowest BCUT2D eigenvalue weighted by molar-refractivity contribution is 0.239. The van der Waals surface area contributed by atoms with Crippen LogP contribution >= 0.6 is 11.6 Å². The number of piperidine rings is 1. The molecule has 1 aliphatic rings. The highest BCUT2D eigenvalue weighted by Gasteiger charge is 2.19. The number of benzene rings is 1. The Morgan fingerprint density at radius 1 is 1.15 bits per heavy atom. The van der Waals surface area contributed by atoms with Crippen LogP contribution in [0.2, 0.25) is 5.02 Å². The van der Waals surface area contributed by atoms with Crippen LogP contribution in [-0.2, 0) is 7.05 Å². The number of aromatic nitrogens is 3. The van der Waals surface area contributed by atoms with E-state index in [9.17, 15) is 0 Å². The second-order valence-electron chi connectivity index (χ2n) is 7.38. The first-order valence-electron chi connectivity index (χ1n) is 9.22. The summed E-state index contributed by atoms with van der Waals surface area (Å²) in [5.74, 6) is 1.32. The van der Waals surface area contributed by atoms with Crippen molar-refractivity contribution in [3.05, 3.63) is 54.1 Å². The van der Waals surface area contributed by atoms with Gasteiger partial charge in [-0.3, -0.25) is 4.68 Å². The van der Waals surface area contributed by atoms with Crippen molar-refractivity contribution in [2.75, 3.05) is 25.5 Å². The van der Waals surface area contributed by atoms with Crippen molar-refractivity contribution in [2.24, 2.45) is 13.0 Å². The predicted molar refractivity (Wildman–Crippen MR) is 112 cm³/mol. The SMILES string of the molecule is C=C(Nc1cc2cc(-c3cnn(C)c3)c(Cl)cc2cn1)C1CCN(C)CC1. The molecule has 1 saturated heterocycles. The standard InChI is InChI=1S/C21H24ClN5/c1-14(15-4-6-26(2)7-5-15)25-21-10-16-8-19(18-12-24-27(3)13-18)20(22)9-17(16)11-23-21/h8-13,15H,1,4-7H2,2-3H3,(H,23,25). The fourth-order valence-electron chi connectivity index (χ4n) is 3.64. The van der Waals surface area contributed by atoms with Crippen molar-refractivity contribution in [3.63, 3.8) is 0 Å². The number of likely N-dealkylation sites (tertiary alicyclic amines) is 1. The second kappa shape index (κ2) is 7.33. The van der Waals surface area contributed by atoms with Gasteiger partial charge >= 0.3 is 0 Å². The molecule has 1 fully saturated rings. The van der Waals surface area contributed by atoms with E-state index in [1.54, 1.807) is 4.68 Å². The molecule has 140 valence electrons. The van der Waals surface area contributed by atoms with Gasteiger partial charge < -0.3 is 10.2 Å². The van der Waals surface area contributed by atoms with Crippen LogP contribution in [0, 0.1) is 5.92 Å². The molecule has 4 rings (SSSR count).